The van der Waals surface area contributed by atoms with Gasteiger partial charge in [-0.3, -0.25) is 4.79 Å². The monoisotopic (exact) mass is 312 g/mol. The van der Waals surface area contributed by atoms with Crippen LogP contribution < -0.4 is 10.1 Å². The van der Waals surface area contributed by atoms with Crippen LogP contribution in [0.5, 0.6) is 5.88 Å². The number of pyridine rings is 1. The molecule has 1 aromatic carbocycles. The zero-order valence-corrected chi connectivity index (χ0v) is 14.2. The molecule has 1 N–H and O–H groups in total. The lowest BCUT2D eigenvalue weighted by Gasteiger charge is -2.29. The number of carbonyl (C=O) groups is 1. The number of carbonyl (C=O) groups excluding carboxylic acids is 1. The molecule has 2 aromatic rings. The molecule has 1 heterocycles. The SMILES string of the molecule is COc1ncccc1C(=O)NC(C)CC(C)(C)c1ccccc1. The predicted molar refractivity (Wildman–Crippen MR) is 91.8 cm³/mol. The normalized spacial score (nSPS) is 12.5. The number of ether oxygens (including phenoxy) is 1. The zero-order chi connectivity index (χ0) is 16.9. The van der Waals surface area contributed by atoms with Crippen molar-refractivity contribution in [3.8, 4) is 5.88 Å². The third-order valence-corrected chi connectivity index (χ3v) is 3.96. The number of hydrogen-bond acceptors (Lipinski definition) is 3. The van der Waals surface area contributed by atoms with Crippen molar-refractivity contribution in [2.75, 3.05) is 7.11 Å². The summed E-state index contributed by atoms with van der Waals surface area (Å²) in [6.45, 7) is 6.40. The van der Waals surface area contributed by atoms with Gasteiger partial charge in [-0.1, -0.05) is 44.2 Å². The van der Waals surface area contributed by atoms with Crippen LogP contribution in [0.25, 0.3) is 0 Å². The second-order valence-electron chi connectivity index (χ2n) is 6.39. The maximum atomic E-state index is 12.4. The van der Waals surface area contributed by atoms with Crippen LogP contribution >= 0.6 is 0 Å². The van der Waals surface area contributed by atoms with E-state index in [1.54, 1.807) is 18.3 Å². The molecule has 4 nitrogen and oxygen atoms in total. The van der Waals surface area contributed by atoms with Crippen molar-refractivity contribution in [2.24, 2.45) is 0 Å². The molecule has 1 atom stereocenters. The first-order valence-corrected chi connectivity index (χ1v) is 7.79. The molecular weight excluding hydrogens is 288 g/mol. The van der Waals surface area contributed by atoms with Gasteiger partial charge in [0.05, 0.1) is 7.11 Å². The summed E-state index contributed by atoms with van der Waals surface area (Å²) in [5, 5.41) is 3.04. The van der Waals surface area contributed by atoms with E-state index >= 15 is 0 Å². The van der Waals surface area contributed by atoms with Crippen LogP contribution in [0, 0.1) is 0 Å². The van der Waals surface area contributed by atoms with Gasteiger partial charge in [0.1, 0.15) is 5.56 Å². The Bertz CT molecular complexity index is 653. The summed E-state index contributed by atoms with van der Waals surface area (Å²) >= 11 is 0. The Kier molecular flexibility index (Phi) is 5.37. The lowest BCUT2D eigenvalue weighted by molar-refractivity contribution is 0.0930. The predicted octanol–water partition coefficient (Wildman–Crippen LogP) is 3.58. The van der Waals surface area contributed by atoms with E-state index in [0.29, 0.717) is 11.4 Å². The van der Waals surface area contributed by atoms with E-state index in [1.807, 2.05) is 25.1 Å². The quantitative estimate of drug-likeness (QED) is 0.887. The van der Waals surface area contributed by atoms with Gasteiger partial charge in [0, 0.05) is 12.2 Å². The second-order valence-corrected chi connectivity index (χ2v) is 6.39. The van der Waals surface area contributed by atoms with E-state index in [1.165, 1.54) is 12.7 Å². The fourth-order valence-electron chi connectivity index (χ4n) is 2.85. The third kappa shape index (κ3) is 4.31. The van der Waals surface area contributed by atoms with Crippen LogP contribution in [-0.2, 0) is 5.41 Å². The van der Waals surface area contributed by atoms with Gasteiger partial charge in [-0.05, 0) is 36.5 Å². The summed E-state index contributed by atoms with van der Waals surface area (Å²) in [6, 6.07) is 13.8. The summed E-state index contributed by atoms with van der Waals surface area (Å²) in [6.07, 6.45) is 2.45. The lowest BCUT2D eigenvalue weighted by atomic mass is 9.79. The van der Waals surface area contributed by atoms with E-state index in [4.69, 9.17) is 4.74 Å². The molecule has 0 spiro atoms. The maximum Gasteiger partial charge on any atom is 0.256 e. The van der Waals surface area contributed by atoms with Crippen LogP contribution in [0.2, 0.25) is 0 Å². The summed E-state index contributed by atoms with van der Waals surface area (Å²) in [5.74, 6) is 0.186. The molecule has 0 aliphatic rings. The first kappa shape index (κ1) is 17.0. The van der Waals surface area contributed by atoms with Crippen molar-refractivity contribution in [1.29, 1.82) is 0 Å². The van der Waals surface area contributed by atoms with Crippen molar-refractivity contribution < 1.29 is 9.53 Å². The molecule has 2 rings (SSSR count). The van der Waals surface area contributed by atoms with Crippen LogP contribution in [0.15, 0.2) is 48.7 Å². The average Bonchev–Trinajstić information content (AvgIpc) is 2.55. The van der Waals surface area contributed by atoms with Crippen LogP contribution in [0.1, 0.15) is 43.1 Å². The van der Waals surface area contributed by atoms with E-state index in [0.717, 1.165) is 6.42 Å². The number of amides is 1. The number of methoxy groups -OCH3 is 1. The van der Waals surface area contributed by atoms with Gasteiger partial charge in [-0.15, -0.1) is 0 Å². The Morgan fingerprint density at radius 3 is 2.57 bits per heavy atom. The molecule has 1 unspecified atom stereocenters. The van der Waals surface area contributed by atoms with Gasteiger partial charge in [0.15, 0.2) is 0 Å². The Balaban J connectivity index is 2.04. The van der Waals surface area contributed by atoms with E-state index < -0.39 is 0 Å². The average molecular weight is 312 g/mol. The molecular formula is C19H24N2O2. The standard InChI is InChI=1S/C19H24N2O2/c1-14(13-19(2,3)15-9-6-5-7-10-15)21-17(22)16-11-8-12-20-18(16)23-4/h5-12,14H,13H2,1-4H3,(H,21,22). The van der Waals surface area contributed by atoms with Crippen molar-refractivity contribution >= 4 is 5.91 Å². The zero-order valence-electron chi connectivity index (χ0n) is 14.2. The molecule has 0 aliphatic carbocycles. The third-order valence-electron chi connectivity index (χ3n) is 3.96. The summed E-state index contributed by atoms with van der Waals surface area (Å²) in [4.78, 5) is 16.5. The number of nitrogens with one attached hydrogen (secondary N) is 1. The van der Waals surface area contributed by atoms with E-state index in [-0.39, 0.29) is 17.4 Å². The van der Waals surface area contributed by atoms with Gasteiger partial charge in [-0.2, -0.15) is 0 Å². The highest BCUT2D eigenvalue weighted by molar-refractivity contribution is 5.96. The highest BCUT2D eigenvalue weighted by atomic mass is 16.5. The highest BCUT2D eigenvalue weighted by Crippen LogP contribution is 2.28. The molecule has 122 valence electrons. The number of rotatable bonds is 6. The largest absolute Gasteiger partial charge is 0.480 e. The minimum atomic E-state index is -0.161. The fraction of sp³-hybridized carbons (Fsp3) is 0.368. The smallest absolute Gasteiger partial charge is 0.256 e. The fourth-order valence-corrected chi connectivity index (χ4v) is 2.85. The van der Waals surface area contributed by atoms with Crippen molar-refractivity contribution in [2.45, 2.75) is 38.6 Å². The van der Waals surface area contributed by atoms with Gasteiger partial charge in [0.2, 0.25) is 5.88 Å². The Labute approximate surface area is 137 Å². The van der Waals surface area contributed by atoms with E-state index in [2.05, 4.69) is 36.3 Å². The molecule has 0 aliphatic heterocycles. The summed E-state index contributed by atoms with van der Waals surface area (Å²) in [7, 11) is 1.51. The highest BCUT2D eigenvalue weighted by Gasteiger charge is 2.24. The molecule has 4 heteroatoms. The first-order chi connectivity index (χ1) is 10.9. The van der Waals surface area contributed by atoms with Crippen molar-refractivity contribution in [1.82, 2.24) is 10.3 Å². The van der Waals surface area contributed by atoms with Crippen molar-refractivity contribution in [3.63, 3.8) is 0 Å². The van der Waals surface area contributed by atoms with Gasteiger partial charge in [0.25, 0.3) is 5.91 Å². The summed E-state index contributed by atoms with van der Waals surface area (Å²) < 4.78 is 5.15. The number of nitrogens with zero attached hydrogens (tertiary/aromatic N) is 1. The Morgan fingerprint density at radius 2 is 1.91 bits per heavy atom. The molecule has 1 amide bonds. The minimum Gasteiger partial charge on any atom is -0.480 e. The van der Waals surface area contributed by atoms with Crippen LogP contribution in [-0.4, -0.2) is 24.0 Å². The second kappa shape index (κ2) is 7.27. The van der Waals surface area contributed by atoms with E-state index in [9.17, 15) is 4.79 Å². The molecule has 0 bridgehead atoms. The molecule has 0 radical (unpaired) electrons. The molecule has 1 aromatic heterocycles. The number of hydrogen-bond donors (Lipinski definition) is 1. The Morgan fingerprint density at radius 1 is 1.22 bits per heavy atom. The molecule has 0 saturated carbocycles. The lowest BCUT2D eigenvalue weighted by Crippen LogP contribution is -2.37. The van der Waals surface area contributed by atoms with Crippen LogP contribution in [0.4, 0.5) is 0 Å². The van der Waals surface area contributed by atoms with Gasteiger partial charge < -0.3 is 10.1 Å². The van der Waals surface area contributed by atoms with Crippen LogP contribution in [0.3, 0.4) is 0 Å². The molecule has 0 fully saturated rings. The minimum absolute atomic E-state index is 0.0209. The Hall–Kier alpha value is -2.36. The number of aromatic nitrogens is 1. The van der Waals surface area contributed by atoms with Gasteiger partial charge in [-0.25, -0.2) is 4.98 Å². The number of benzene rings is 1. The molecule has 0 saturated heterocycles. The topological polar surface area (TPSA) is 51.2 Å². The molecule has 23 heavy (non-hydrogen) atoms. The van der Waals surface area contributed by atoms with Gasteiger partial charge >= 0.3 is 0 Å². The first-order valence-electron chi connectivity index (χ1n) is 7.79. The van der Waals surface area contributed by atoms with Crippen molar-refractivity contribution in [3.05, 3.63) is 59.8 Å². The maximum absolute atomic E-state index is 12.4. The summed E-state index contributed by atoms with van der Waals surface area (Å²) in [5.41, 5.74) is 1.70.